The van der Waals surface area contributed by atoms with Crippen LogP contribution in [0.25, 0.3) is 0 Å². The average Bonchev–Trinajstić information content (AvgIpc) is 3.11. The second-order valence-electron chi connectivity index (χ2n) is 3.74. The van der Waals surface area contributed by atoms with Crippen molar-refractivity contribution in [2.75, 3.05) is 6.61 Å². The van der Waals surface area contributed by atoms with Gasteiger partial charge in [0.15, 0.2) is 5.84 Å². The van der Waals surface area contributed by atoms with Crippen molar-refractivity contribution in [3.63, 3.8) is 0 Å². The van der Waals surface area contributed by atoms with Gasteiger partial charge in [-0.05, 0) is 34.7 Å². The molecule has 16 heavy (non-hydrogen) atoms. The fraction of sp³-hybridized carbons (Fsp3) is 0.400. The predicted octanol–water partition coefficient (Wildman–Crippen LogP) is 1.73. The summed E-state index contributed by atoms with van der Waals surface area (Å²) in [7, 11) is 0. The molecule has 0 spiro atoms. The summed E-state index contributed by atoms with van der Waals surface area (Å²) in [6, 6.07) is 1.65. The summed E-state index contributed by atoms with van der Waals surface area (Å²) in [4.78, 5) is 4.01. The van der Waals surface area contributed by atoms with Crippen molar-refractivity contribution in [3.05, 3.63) is 22.4 Å². The van der Waals surface area contributed by atoms with Crippen molar-refractivity contribution < 1.29 is 9.94 Å². The maximum Gasteiger partial charge on any atom is 0.188 e. The van der Waals surface area contributed by atoms with Crippen molar-refractivity contribution in [1.29, 1.82) is 0 Å². The van der Waals surface area contributed by atoms with E-state index in [2.05, 4.69) is 26.1 Å². The molecule has 1 saturated carbocycles. The molecular weight excluding hydrogens is 274 g/mol. The summed E-state index contributed by atoms with van der Waals surface area (Å²) >= 11 is 3.34. The van der Waals surface area contributed by atoms with Crippen molar-refractivity contribution >= 4 is 21.8 Å². The van der Waals surface area contributed by atoms with Crippen LogP contribution in [-0.4, -0.2) is 22.6 Å². The Morgan fingerprint density at radius 2 is 2.44 bits per heavy atom. The molecule has 1 aromatic heterocycles. The summed E-state index contributed by atoms with van der Waals surface area (Å²) in [6.07, 6.45) is 4.04. The second-order valence-corrected chi connectivity index (χ2v) is 4.59. The molecule has 1 heterocycles. The highest BCUT2D eigenvalue weighted by atomic mass is 79.9. The highest BCUT2D eigenvalue weighted by Gasteiger charge is 2.22. The summed E-state index contributed by atoms with van der Waals surface area (Å²) in [5.41, 5.74) is 5.85. The molecule has 1 fully saturated rings. The molecule has 0 unspecified atom stereocenters. The first-order chi connectivity index (χ1) is 7.70. The molecule has 3 N–H and O–H groups in total. The van der Waals surface area contributed by atoms with Gasteiger partial charge in [0.05, 0.1) is 11.1 Å². The van der Waals surface area contributed by atoms with E-state index < -0.39 is 0 Å². The number of pyridine rings is 1. The van der Waals surface area contributed by atoms with Crippen LogP contribution in [0.15, 0.2) is 21.9 Å². The van der Waals surface area contributed by atoms with E-state index in [0.717, 1.165) is 4.47 Å². The molecule has 0 amide bonds. The van der Waals surface area contributed by atoms with E-state index in [4.69, 9.17) is 15.7 Å². The molecule has 86 valence electrons. The molecule has 1 aromatic rings. The SMILES string of the molecule is N/C(=N\O)c1cc(OCC2CC2)c(Br)cn1. The lowest BCUT2D eigenvalue weighted by Crippen LogP contribution is -2.15. The summed E-state index contributed by atoms with van der Waals surface area (Å²) in [6.45, 7) is 0.707. The van der Waals surface area contributed by atoms with E-state index in [1.165, 1.54) is 12.8 Å². The number of oxime groups is 1. The molecule has 0 atom stereocenters. The van der Waals surface area contributed by atoms with Crippen molar-refractivity contribution in [2.45, 2.75) is 12.8 Å². The number of nitrogens with zero attached hydrogens (tertiary/aromatic N) is 2. The Hall–Kier alpha value is -1.30. The lowest BCUT2D eigenvalue weighted by molar-refractivity contribution is 0.297. The van der Waals surface area contributed by atoms with Gasteiger partial charge in [0.1, 0.15) is 11.4 Å². The van der Waals surface area contributed by atoms with Gasteiger partial charge in [0.2, 0.25) is 0 Å². The van der Waals surface area contributed by atoms with Gasteiger partial charge in [-0.15, -0.1) is 0 Å². The maximum atomic E-state index is 8.55. The highest BCUT2D eigenvalue weighted by Crippen LogP contribution is 2.31. The molecular formula is C10H12BrN3O2. The fourth-order valence-electron chi connectivity index (χ4n) is 1.21. The molecule has 1 aliphatic carbocycles. The first-order valence-corrected chi connectivity index (χ1v) is 5.76. The van der Waals surface area contributed by atoms with Crippen LogP contribution in [0.5, 0.6) is 5.75 Å². The highest BCUT2D eigenvalue weighted by molar-refractivity contribution is 9.10. The summed E-state index contributed by atoms with van der Waals surface area (Å²) < 4.78 is 6.38. The smallest absolute Gasteiger partial charge is 0.188 e. The van der Waals surface area contributed by atoms with E-state index in [-0.39, 0.29) is 5.84 Å². The number of ether oxygens (including phenoxy) is 1. The first kappa shape index (κ1) is 11.2. The van der Waals surface area contributed by atoms with Crippen LogP contribution in [0.2, 0.25) is 0 Å². The van der Waals surface area contributed by atoms with Gasteiger partial charge < -0.3 is 15.7 Å². The fourth-order valence-corrected chi connectivity index (χ4v) is 1.55. The standard InChI is InChI=1S/C10H12BrN3O2/c11-7-4-13-8(10(12)14-15)3-9(7)16-5-6-1-2-6/h3-4,6,15H,1-2,5H2,(H2,12,14). The zero-order chi connectivity index (χ0) is 11.5. The number of hydrogen-bond acceptors (Lipinski definition) is 4. The third-order valence-electron chi connectivity index (χ3n) is 2.36. The molecule has 5 nitrogen and oxygen atoms in total. The number of nitrogens with two attached hydrogens (primary N) is 1. The largest absolute Gasteiger partial charge is 0.492 e. The first-order valence-electron chi connectivity index (χ1n) is 4.97. The Labute approximate surface area is 101 Å². The van der Waals surface area contributed by atoms with Crippen molar-refractivity contribution in [2.24, 2.45) is 16.8 Å². The minimum Gasteiger partial charge on any atom is -0.492 e. The van der Waals surface area contributed by atoms with Gasteiger partial charge in [0.25, 0.3) is 0 Å². The molecule has 0 radical (unpaired) electrons. The zero-order valence-corrected chi connectivity index (χ0v) is 10.1. The Morgan fingerprint density at radius 1 is 1.69 bits per heavy atom. The molecule has 2 rings (SSSR count). The van der Waals surface area contributed by atoms with Crippen LogP contribution in [-0.2, 0) is 0 Å². The minimum absolute atomic E-state index is 0.0243. The number of amidine groups is 1. The topological polar surface area (TPSA) is 80.7 Å². The van der Waals surface area contributed by atoms with E-state index in [0.29, 0.717) is 24.0 Å². The Balaban J connectivity index is 2.14. The van der Waals surface area contributed by atoms with Crippen LogP contribution < -0.4 is 10.5 Å². The predicted molar refractivity (Wildman–Crippen MR) is 62.7 cm³/mol. The lowest BCUT2D eigenvalue weighted by Gasteiger charge is -2.08. The third kappa shape index (κ3) is 2.63. The van der Waals surface area contributed by atoms with Crippen molar-refractivity contribution in [3.8, 4) is 5.75 Å². The summed E-state index contributed by atoms with van der Waals surface area (Å²) in [5, 5.41) is 11.4. The Kier molecular flexibility index (Phi) is 3.28. The van der Waals surface area contributed by atoms with Crippen LogP contribution in [0.4, 0.5) is 0 Å². The lowest BCUT2D eigenvalue weighted by atomic mass is 10.3. The van der Waals surface area contributed by atoms with E-state index in [9.17, 15) is 0 Å². The monoisotopic (exact) mass is 285 g/mol. The van der Waals surface area contributed by atoms with Gasteiger partial charge in [0, 0.05) is 12.3 Å². The van der Waals surface area contributed by atoms with Crippen LogP contribution in [0, 0.1) is 5.92 Å². The van der Waals surface area contributed by atoms with E-state index in [1.807, 2.05) is 0 Å². The Bertz CT molecular complexity index is 419. The van der Waals surface area contributed by atoms with Gasteiger partial charge in [-0.2, -0.15) is 0 Å². The van der Waals surface area contributed by atoms with Crippen LogP contribution in [0.3, 0.4) is 0 Å². The molecule has 0 aliphatic heterocycles. The van der Waals surface area contributed by atoms with Gasteiger partial charge in [-0.1, -0.05) is 5.16 Å². The Morgan fingerprint density at radius 3 is 3.06 bits per heavy atom. The number of hydrogen-bond donors (Lipinski definition) is 2. The van der Waals surface area contributed by atoms with Gasteiger partial charge in [-0.3, -0.25) is 4.98 Å². The third-order valence-corrected chi connectivity index (χ3v) is 2.96. The van der Waals surface area contributed by atoms with Gasteiger partial charge in [-0.25, -0.2) is 0 Å². The minimum atomic E-state index is -0.0243. The second kappa shape index (κ2) is 4.69. The normalized spacial score (nSPS) is 16.2. The van der Waals surface area contributed by atoms with Crippen molar-refractivity contribution in [1.82, 2.24) is 4.98 Å². The molecule has 0 aromatic carbocycles. The molecule has 0 bridgehead atoms. The molecule has 1 aliphatic rings. The molecule has 0 saturated heterocycles. The van der Waals surface area contributed by atoms with Crippen LogP contribution >= 0.6 is 15.9 Å². The molecule has 6 heteroatoms. The quantitative estimate of drug-likeness (QED) is 0.382. The number of halogens is 1. The average molecular weight is 286 g/mol. The maximum absolute atomic E-state index is 8.55. The number of rotatable bonds is 4. The van der Waals surface area contributed by atoms with Gasteiger partial charge >= 0.3 is 0 Å². The number of aromatic nitrogens is 1. The summed E-state index contributed by atoms with van der Waals surface area (Å²) in [5.74, 6) is 1.32. The van der Waals surface area contributed by atoms with E-state index in [1.54, 1.807) is 12.3 Å². The van der Waals surface area contributed by atoms with Crippen LogP contribution in [0.1, 0.15) is 18.5 Å². The van der Waals surface area contributed by atoms with E-state index >= 15 is 0 Å². The zero-order valence-electron chi connectivity index (χ0n) is 8.56.